The predicted octanol–water partition coefficient (Wildman–Crippen LogP) is 1.89. The van der Waals surface area contributed by atoms with E-state index in [1.807, 2.05) is 6.92 Å². The van der Waals surface area contributed by atoms with Gasteiger partial charge < -0.3 is 11.3 Å². The predicted molar refractivity (Wildman–Crippen MR) is 53.6 cm³/mol. The first-order valence-corrected chi connectivity index (χ1v) is 7.00. The number of rotatable bonds is 2. The zero-order valence-electron chi connectivity index (χ0n) is 8.57. The van der Waals surface area contributed by atoms with E-state index < -0.39 is 5.97 Å². The van der Waals surface area contributed by atoms with Crippen molar-refractivity contribution in [1.29, 1.82) is 0 Å². The molecule has 0 amide bonds. The van der Waals surface area contributed by atoms with Gasteiger partial charge >= 0.3 is 65.5 Å². The summed E-state index contributed by atoms with van der Waals surface area (Å²) in [5.74, 6) is -0.711. The van der Waals surface area contributed by atoms with Gasteiger partial charge in [0.1, 0.15) is 0 Å². The topological polar surface area (TPSA) is 72.3 Å². The average Bonchev–Trinajstić information content (AvgIpc) is 2.06. The first-order chi connectivity index (χ1) is 6.16. The van der Waals surface area contributed by atoms with Crippen LogP contribution in [0.15, 0.2) is 30.3 Å². The molecule has 14 heavy (non-hydrogen) atoms. The molecule has 0 aliphatic carbocycles. The molecule has 0 radical (unpaired) electrons. The number of carboxylic acids is 1. The molecule has 4 heteroatoms. The molecule has 0 unspecified atom stereocenters. The Bertz CT molecular complexity index is 239. The molecule has 0 saturated heterocycles. The molecule has 0 aliphatic rings. The Hall–Kier alpha value is -0.415. The van der Waals surface area contributed by atoms with Crippen LogP contribution in [0.4, 0.5) is 0 Å². The van der Waals surface area contributed by atoms with Gasteiger partial charge in [-0.25, -0.2) is 0 Å². The van der Waals surface area contributed by atoms with E-state index in [1.165, 1.54) is 3.07 Å². The number of carboxylic acid groups (broad SMARTS) is 1. The van der Waals surface area contributed by atoms with E-state index in [2.05, 4.69) is 30.3 Å². The maximum absolute atomic E-state index is 9.60. The third-order valence-electron chi connectivity index (χ3n) is 1.31. The van der Waals surface area contributed by atoms with Gasteiger partial charge in [-0.3, -0.25) is 4.79 Å². The van der Waals surface area contributed by atoms with Gasteiger partial charge in [-0.1, -0.05) is 6.92 Å². The summed E-state index contributed by atoms with van der Waals surface area (Å²) in [6, 6.07) is 10.6. The van der Waals surface area contributed by atoms with Crippen LogP contribution in [0.25, 0.3) is 0 Å². The van der Waals surface area contributed by atoms with Crippen molar-refractivity contribution in [3.05, 3.63) is 30.3 Å². The van der Waals surface area contributed by atoms with Crippen molar-refractivity contribution in [2.75, 3.05) is 0 Å². The van der Waals surface area contributed by atoms with Gasteiger partial charge in [0, 0.05) is 6.42 Å². The molecule has 0 bridgehead atoms. The summed E-state index contributed by atoms with van der Waals surface area (Å²) in [7, 11) is 0. The fourth-order valence-electron chi connectivity index (χ4n) is 0.692. The molecule has 3 nitrogen and oxygen atoms in total. The summed E-state index contributed by atoms with van der Waals surface area (Å²) in [5.41, 5.74) is 0. The number of benzene rings is 1. The minimum atomic E-state index is -0.711. The molecular formula is C10H16HgNO2. The van der Waals surface area contributed by atoms with Gasteiger partial charge in [0.2, 0.25) is 0 Å². The molecule has 0 spiro atoms. The second-order valence-electron chi connectivity index (χ2n) is 2.63. The SMILES string of the molecule is CCCC(=O)O.N.[Hg][c]1ccccc1. The normalized spacial score (nSPS) is 7.93. The van der Waals surface area contributed by atoms with Crippen molar-refractivity contribution in [3.8, 4) is 0 Å². The fraction of sp³-hybridized carbons (Fsp3) is 0.300. The molecule has 4 N–H and O–H groups in total. The van der Waals surface area contributed by atoms with Crippen molar-refractivity contribution in [2.24, 2.45) is 0 Å². The quantitative estimate of drug-likeness (QED) is 0.767. The van der Waals surface area contributed by atoms with Crippen LogP contribution in [0.2, 0.25) is 0 Å². The van der Waals surface area contributed by atoms with Crippen molar-refractivity contribution in [3.63, 3.8) is 0 Å². The molecule has 1 aromatic rings. The molecule has 0 aromatic heterocycles. The fourth-order valence-corrected chi connectivity index (χ4v) is 1.75. The Balaban J connectivity index is 0. The van der Waals surface area contributed by atoms with Crippen LogP contribution in [0.3, 0.4) is 0 Å². The number of carbonyl (C=O) groups is 1. The Morgan fingerprint density at radius 1 is 1.36 bits per heavy atom. The van der Waals surface area contributed by atoms with Crippen LogP contribution in [0.1, 0.15) is 19.8 Å². The average molecular weight is 383 g/mol. The molecule has 0 fully saturated rings. The molecule has 75 valence electrons. The van der Waals surface area contributed by atoms with Crippen LogP contribution < -0.4 is 9.22 Å². The summed E-state index contributed by atoms with van der Waals surface area (Å²) in [6.07, 6.45) is 1.02. The Labute approximate surface area is 101 Å². The summed E-state index contributed by atoms with van der Waals surface area (Å²) in [5, 5.41) is 7.91. The van der Waals surface area contributed by atoms with Crippen LogP contribution in [-0.2, 0) is 30.9 Å². The van der Waals surface area contributed by atoms with Crippen molar-refractivity contribution in [2.45, 2.75) is 19.8 Å². The summed E-state index contributed by atoms with van der Waals surface area (Å²) >= 11 is 0.810. The van der Waals surface area contributed by atoms with Crippen LogP contribution in [0, 0.1) is 0 Å². The molecule has 0 heterocycles. The van der Waals surface area contributed by atoms with Gasteiger partial charge in [0.05, 0.1) is 0 Å². The zero-order valence-corrected chi connectivity index (χ0v) is 14.1. The zero-order chi connectivity index (χ0) is 10.1. The summed E-state index contributed by atoms with van der Waals surface area (Å²) in [4.78, 5) is 9.60. The summed E-state index contributed by atoms with van der Waals surface area (Å²) in [6.45, 7) is 1.84. The molecule has 0 aliphatic heterocycles. The third kappa shape index (κ3) is 11.6. The van der Waals surface area contributed by atoms with E-state index in [0.717, 1.165) is 32.5 Å². The Morgan fingerprint density at radius 3 is 2.00 bits per heavy atom. The van der Waals surface area contributed by atoms with E-state index in [-0.39, 0.29) is 6.15 Å². The van der Waals surface area contributed by atoms with E-state index in [1.54, 1.807) is 0 Å². The first kappa shape index (κ1) is 16.0. The van der Waals surface area contributed by atoms with Gasteiger partial charge in [0.25, 0.3) is 0 Å². The van der Waals surface area contributed by atoms with Gasteiger partial charge in [-0.05, 0) is 6.42 Å². The third-order valence-corrected chi connectivity index (χ3v) is 3.14. The van der Waals surface area contributed by atoms with Crippen LogP contribution in [-0.4, -0.2) is 11.1 Å². The monoisotopic (exact) mass is 384 g/mol. The molecular weight excluding hydrogens is 367 g/mol. The standard InChI is InChI=1S/C6H5.C4H8O2.Hg.H3N/c1-2-4-6-5-3-1;1-2-3-4(5)6;;/h1-5H;2-3H2,1H3,(H,5,6);;1H3. The Morgan fingerprint density at radius 2 is 1.86 bits per heavy atom. The molecule has 1 aromatic carbocycles. The van der Waals surface area contributed by atoms with Crippen molar-refractivity contribution >= 4 is 9.04 Å². The summed E-state index contributed by atoms with van der Waals surface area (Å²) < 4.78 is 1.52. The number of aliphatic carboxylic acids is 1. The van der Waals surface area contributed by atoms with Crippen LogP contribution >= 0.6 is 0 Å². The second-order valence-corrected chi connectivity index (χ2v) is 5.80. The number of hydrogen-bond acceptors (Lipinski definition) is 2. The van der Waals surface area contributed by atoms with E-state index in [4.69, 9.17) is 5.11 Å². The van der Waals surface area contributed by atoms with Gasteiger partial charge in [-0.2, -0.15) is 0 Å². The van der Waals surface area contributed by atoms with Gasteiger partial charge in [0.15, 0.2) is 0 Å². The first-order valence-electron chi connectivity index (χ1n) is 4.25. The minimum absolute atomic E-state index is 0. The van der Waals surface area contributed by atoms with E-state index in [0.29, 0.717) is 6.42 Å². The van der Waals surface area contributed by atoms with Gasteiger partial charge in [-0.15, -0.1) is 0 Å². The number of hydrogen-bond donors (Lipinski definition) is 2. The van der Waals surface area contributed by atoms with E-state index >= 15 is 0 Å². The molecule has 0 saturated carbocycles. The second kappa shape index (κ2) is 10.7. The molecule has 0 atom stereocenters. The van der Waals surface area contributed by atoms with Crippen molar-refractivity contribution < 1.29 is 36.0 Å². The maximum atomic E-state index is 9.60. The van der Waals surface area contributed by atoms with Crippen LogP contribution in [0.5, 0.6) is 0 Å². The van der Waals surface area contributed by atoms with Crippen molar-refractivity contribution in [1.82, 2.24) is 6.15 Å². The molecule has 1 rings (SSSR count). The Kier molecular flexibility index (Phi) is 12.2. The van der Waals surface area contributed by atoms with E-state index in [9.17, 15) is 4.79 Å².